The molecule has 0 saturated carbocycles. The number of benzene rings is 2. The van der Waals surface area contributed by atoms with Crippen LogP contribution in [0.1, 0.15) is 11.3 Å². The monoisotopic (exact) mass is 447 g/mol. The molecule has 1 aliphatic heterocycles. The molecule has 2 heterocycles. The summed E-state index contributed by atoms with van der Waals surface area (Å²) < 4.78 is 7.03. The molecule has 32 heavy (non-hydrogen) atoms. The fourth-order valence-corrected chi connectivity index (χ4v) is 4.14. The number of aromatic nitrogens is 1. The summed E-state index contributed by atoms with van der Waals surface area (Å²) in [6.07, 6.45) is 3.57. The minimum absolute atomic E-state index is 0.278. The Hall–Kier alpha value is -3.78. The molecule has 3 amide bonds. The molecular formula is C24H21N3O4S. The second-order valence-electron chi connectivity index (χ2n) is 7.19. The smallest absolute Gasteiger partial charge is 0.294 e. The van der Waals surface area contributed by atoms with Crippen molar-refractivity contribution in [3.63, 3.8) is 0 Å². The number of hydrogen-bond donors (Lipinski definition) is 1. The number of anilines is 1. The van der Waals surface area contributed by atoms with Crippen LogP contribution in [-0.2, 0) is 9.59 Å². The Bertz CT molecular complexity index is 1210. The van der Waals surface area contributed by atoms with Gasteiger partial charge in [-0.3, -0.25) is 19.3 Å². The molecule has 0 bridgehead atoms. The van der Waals surface area contributed by atoms with Gasteiger partial charge in [0.15, 0.2) is 0 Å². The summed E-state index contributed by atoms with van der Waals surface area (Å²) in [6, 6.07) is 18.5. The molecule has 1 fully saturated rings. The van der Waals surface area contributed by atoms with Crippen molar-refractivity contribution in [2.75, 3.05) is 19.0 Å². The van der Waals surface area contributed by atoms with Crippen molar-refractivity contribution in [3.05, 3.63) is 83.0 Å². The Balaban J connectivity index is 1.48. The van der Waals surface area contributed by atoms with Crippen molar-refractivity contribution in [2.45, 2.75) is 6.92 Å². The molecule has 7 nitrogen and oxygen atoms in total. The van der Waals surface area contributed by atoms with Gasteiger partial charge in [-0.05, 0) is 78.9 Å². The van der Waals surface area contributed by atoms with Crippen LogP contribution in [0.2, 0.25) is 0 Å². The van der Waals surface area contributed by atoms with Crippen molar-refractivity contribution in [1.29, 1.82) is 0 Å². The van der Waals surface area contributed by atoms with Gasteiger partial charge in [-0.25, -0.2) is 0 Å². The van der Waals surface area contributed by atoms with Gasteiger partial charge >= 0.3 is 0 Å². The van der Waals surface area contributed by atoms with Crippen LogP contribution in [0.15, 0.2) is 71.8 Å². The van der Waals surface area contributed by atoms with Crippen molar-refractivity contribution in [1.82, 2.24) is 9.47 Å². The molecule has 1 N–H and O–H groups in total. The predicted octanol–water partition coefficient (Wildman–Crippen LogP) is 4.47. The van der Waals surface area contributed by atoms with E-state index in [4.69, 9.17) is 4.74 Å². The summed E-state index contributed by atoms with van der Waals surface area (Å²) in [5.74, 6) is -0.279. The van der Waals surface area contributed by atoms with Crippen molar-refractivity contribution in [2.24, 2.45) is 0 Å². The van der Waals surface area contributed by atoms with Crippen LogP contribution in [-0.4, -0.2) is 40.2 Å². The lowest BCUT2D eigenvalue weighted by Crippen LogP contribution is -2.36. The zero-order chi connectivity index (χ0) is 22.7. The average molecular weight is 448 g/mol. The van der Waals surface area contributed by atoms with Gasteiger partial charge in [0.2, 0.25) is 5.91 Å². The largest absolute Gasteiger partial charge is 0.497 e. The lowest BCUT2D eigenvalue weighted by Gasteiger charge is -2.12. The maximum Gasteiger partial charge on any atom is 0.294 e. The number of nitrogens with zero attached hydrogens (tertiary/aromatic N) is 2. The molecule has 2 aromatic carbocycles. The predicted molar refractivity (Wildman–Crippen MR) is 125 cm³/mol. The van der Waals surface area contributed by atoms with E-state index in [0.717, 1.165) is 33.6 Å². The number of carbonyl (C=O) groups is 3. The number of carbonyl (C=O) groups excluding carboxylic acids is 3. The summed E-state index contributed by atoms with van der Waals surface area (Å²) in [5.41, 5.74) is 3.39. The average Bonchev–Trinajstić information content (AvgIpc) is 3.34. The lowest BCUT2D eigenvalue weighted by atomic mass is 10.2. The van der Waals surface area contributed by atoms with Crippen LogP contribution in [0.3, 0.4) is 0 Å². The maximum absolute atomic E-state index is 12.8. The number of nitrogens with one attached hydrogen (secondary N) is 1. The van der Waals surface area contributed by atoms with E-state index in [1.54, 1.807) is 37.5 Å². The Morgan fingerprint density at radius 3 is 2.59 bits per heavy atom. The van der Waals surface area contributed by atoms with E-state index in [1.165, 1.54) is 0 Å². The molecule has 0 atom stereocenters. The van der Waals surface area contributed by atoms with Crippen LogP contribution in [0, 0.1) is 6.92 Å². The van der Waals surface area contributed by atoms with Crippen LogP contribution in [0.5, 0.6) is 5.75 Å². The zero-order valence-corrected chi connectivity index (χ0v) is 18.4. The normalized spacial score (nSPS) is 14.8. The van der Waals surface area contributed by atoms with Gasteiger partial charge in [-0.15, -0.1) is 0 Å². The van der Waals surface area contributed by atoms with Crippen LogP contribution < -0.4 is 10.1 Å². The highest BCUT2D eigenvalue weighted by atomic mass is 32.2. The fraction of sp³-hybridized carbons (Fsp3) is 0.125. The van der Waals surface area contributed by atoms with Crippen LogP contribution in [0.25, 0.3) is 11.8 Å². The number of methoxy groups -OCH3 is 1. The van der Waals surface area contributed by atoms with E-state index < -0.39 is 17.1 Å². The van der Waals surface area contributed by atoms with Gasteiger partial charge in [0, 0.05) is 23.3 Å². The van der Waals surface area contributed by atoms with Gasteiger partial charge in [0.05, 0.1) is 12.0 Å². The number of hydrogen-bond acceptors (Lipinski definition) is 5. The molecule has 1 aliphatic rings. The van der Waals surface area contributed by atoms with E-state index in [9.17, 15) is 14.4 Å². The third-order valence-electron chi connectivity index (χ3n) is 4.89. The number of imide groups is 1. The summed E-state index contributed by atoms with van der Waals surface area (Å²) in [6.45, 7) is 1.65. The molecule has 0 spiro atoms. The molecular weight excluding hydrogens is 426 g/mol. The Morgan fingerprint density at radius 2 is 1.88 bits per heavy atom. The Labute approximate surface area is 189 Å². The summed E-state index contributed by atoms with van der Waals surface area (Å²) in [4.78, 5) is 38.9. The Morgan fingerprint density at radius 1 is 1.09 bits per heavy atom. The minimum atomic E-state index is -0.484. The van der Waals surface area contributed by atoms with E-state index in [0.29, 0.717) is 11.4 Å². The molecule has 162 valence electrons. The molecule has 0 radical (unpaired) electrons. The number of amides is 3. The summed E-state index contributed by atoms with van der Waals surface area (Å²) in [7, 11) is 1.55. The first-order chi connectivity index (χ1) is 15.4. The molecule has 1 aromatic heterocycles. The SMILES string of the molecule is COc1ccc(NC(=O)CN2C(=O)S/C(=C/c3cccn3-c3cccc(C)c3)C2=O)cc1. The van der Waals surface area contributed by atoms with Gasteiger partial charge in [0.1, 0.15) is 12.3 Å². The number of ether oxygens (including phenoxy) is 1. The molecule has 4 rings (SSSR count). The molecule has 1 saturated heterocycles. The first-order valence-corrected chi connectivity index (χ1v) is 10.7. The fourth-order valence-electron chi connectivity index (χ4n) is 3.31. The third-order valence-corrected chi connectivity index (χ3v) is 5.80. The third kappa shape index (κ3) is 4.60. The second-order valence-corrected chi connectivity index (χ2v) is 8.18. The second kappa shape index (κ2) is 9.15. The van der Waals surface area contributed by atoms with Gasteiger partial charge in [0.25, 0.3) is 11.1 Å². The van der Waals surface area contributed by atoms with E-state index in [1.807, 2.05) is 54.1 Å². The zero-order valence-electron chi connectivity index (χ0n) is 17.6. The quantitative estimate of drug-likeness (QED) is 0.564. The minimum Gasteiger partial charge on any atom is -0.497 e. The molecule has 8 heteroatoms. The Kier molecular flexibility index (Phi) is 6.13. The number of rotatable bonds is 6. The maximum atomic E-state index is 12.8. The summed E-state index contributed by atoms with van der Waals surface area (Å²) in [5, 5.41) is 2.21. The van der Waals surface area contributed by atoms with Crippen LogP contribution in [0.4, 0.5) is 10.5 Å². The highest BCUT2D eigenvalue weighted by molar-refractivity contribution is 8.18. The molecule has 0 unspecified atom stereocenters. The lowest BCUT2D eigenvalue weighted by molar-refractivity contribution is -0.127. The van der Waals surface area contributed by atoms with E-state index in [2.05, 4.69) is 5.32 Å². The standard InChI is InChI=1S/C24H21N3O4S/c1-16-5-3-6-18(13-16)26-12-4-7-19(26)14-21-23(29)27(24(30)32-21)15-22(28)25-17-8-10-20(31-2)11-9-17/h3-14H,15H2,1-2H3,(H,25,28)/b21-14+. The van der Waals surface area contributed by atoms with Crippen molar-refractivity contribution in [3.8, 4) is 11.4 Å². The molecule has 0 aliphatic carbocycles. The first-order valence-electron chi connectivity index (χ1n) is 9.88. The van der Waals surface area contributed by atoms with E-state index >= 15 is 0 Å². The topological polar surface area (TPSA) is 80.6 Å². The van der Waals surface area contributed by atoms with E-state index in [-0.39, 0.29) is 11.4 Å². The molecule has 3 aromatic rings. The summed E-state index contributed by atoms with van der Waals surface area (Å²) >= 11 is 0.829. The number of aryl methyl sites for hydroxylation is 1. The van der Waals surface area contributed by atoms with Gasteiger partial charge < -0.3 is 14.6 Å². The van der Waals surface area contributed by atoms with Crippen molar-refractivity contribution < 1.29 is 19.1 Å². The van der Waals surface area contributed by atoms with Gasteiger partial charge in [-0.2, -0.15) is 0 Å². The highest BCUT2D eigenvalue weighted by Gasteiger charge is 2.36. The number of thioether (sulfide) groups is 1. The highest BCUT2D eigenvalue weighted by Crippen LogP contribution is 2.32. The van der Waals surface area contributed by atoms with Crippen LogP contribution >= 0.6 is 11.8 Å². The first kappa shape index (κ1) is 21.5. The van der Waals surface area contributed by atoms with Crippen molar-refractivity contribution >= 4 is 40.6 Å². The van der Waals surface area contributed by atoms with Gasteiger partial charge in [-0.1, -0.05) is 12.1 Å².